The molecular formula is C16H19N3O2S. The molecule has 1 aromatic heterocycles. The highest BCUT2D eigenvalue weighted by Crippen LogP contribution is 2.53. The molecule has 0 bridgehead atoms. The molecule has 1 aliphatic carbocycles. The van der Waals surface area contributed by atoms with Crippen LogP contribution in [0, 0.1) is 0 Å². The van der Waals surface area contributed by atoms with Crippen LogP contribution in [-0.4, -0.2) is 18.4 Å². The fraction of sp³-hybridized carbons (Fsp3) is 0.375. The third-order valence-electron chi connectivity index (χ3n) is 4.12. The Kier molecular flexibility index (Phi) is 3.74. The first-order chi connectivity index (χ1) is 10.4. The number of benzene rings is 1. The van der Waals surface area contributed by atoms with Crippen LogP contribution in [-0.2, 0) is 10.0 Å². The molecule has 1 heterocycles. The lowest BCUT2D eigenvalue weighted by atomic mass is 10.1. The Bertz CT molecular complexity index is 768. The van der Waals surface area contributed by atoms with E-state index >= 15 is 0 Å². The number of nitrogens with zero attached hydrogens (tertiary/aromatic N) is 2. The number of hydrogen-bond acceptors (Lipinski definition) is 4. The van der Waals surface area contributed by atoms with Gasteiger partial charge in [-0.05, 0) is 41.5 Å². The maximum atomic E-state index is 11.3. The van der Waals surface area contributed by atoms with E-state index in [0.717, 1.165) is 23.4 Å². The number of hydrogen-bond donors (Lipinski definition) is 1. The van der Waals surface area contributed by atoms with Gasteiger partial charge in [0.25, 0.3) is 0 Å². The van der Waals surface area contributed by atoms with Crippen LogP contribution in [0.3, 0.4) is 0 Å². The fourth-order valence-corrected chi connectivity index (χ4v) is 3.11. The van der Waals surface area contributed by atoms with Gasteiger partial charge in [0.15, 0.2) is 0 Å². The van der Waals surface area contributed by atoms with Crippen molar-refractivity contribution in [3.63, 3.8) is 0 Å². The minimum absolute atomic E-state index is 0.144. The third-order valence-corrected chi connectivity index (χ3v) is 5.05. The largest absolute Gasteiger partial charge is 0.241 e. The van der Waals surface area contributed by atoms with E-state index < -0.39 is 10.0 Å². The van der Waals surface area contributed by atoms with Crippen molar-refractivity contribution in [1.29, 1.82) is 0 Å². The second-order valence-corrected chi connectivity index (χ2v) is 7.65. The van der Waals surface area contributed by atoms with Gasteiger partial charge in [-0.25, -0.2) is 23.5 Å². The van der Waals surface area contributed by atoms with E-state index in [1.807, 2.05) is 24.5 Å². The highest BCUT2D eigenvalue weighted by Gasteiger charge is 2.41. The molecule has 2 N–H and O–H groups in total. The van der Waals surface area contributed by atoms with Crippen molar-refractivity contribution in [2.45, 2.75) is 42.9 Å². The number of aromatic nitrogens is 2. The molecule has 2 aromatic rings. The predicted molar refractivity (Wildman–Crippen MR) is 84.0 cm³/mol. The lowest BCUT2D eigenvalue weighted by Gasteiger charge is -2.05. The van der Waals surface area contributed by atoms with Crippen LogP contribution in [0.5, 0.6) is 0 Å². The van der Waals surface area contributed by atoms with Gasteiger partial charge in [0.2, 0.25) is 10.0 Å². The maximum Gasteiger partial charge on any atom is 0.238 e. The molecule has 5 nitrogen and oxygen atoms in total. The molecule has 3 rings (SSSR count). The lowest BCUT2D eigenvalue weighted by Crippen LogP contribution is -2.11. The summed E-state index contributed by atoms with van der Waals surface area (Å²) in [5.41, 5.74) is 2.24. The molecule has 0 radical (unpaired) electrons. The quantitative estimate of drug-likeness (QED) is 0.938. The van der Waals surface area contributed by atoms with Gasteiger partial charge in [-0.3, -0.25) is 0 Å². The smallest absolute Gasteiger partial charge is 0.238 e. The zero-order valence-electron chi connectivity index (χ0n) is 12.6. The van der Waals surface area contributed by atoms with Crippen molar-refractivity contribution in [3.05, 3.63) is 53.6 Å². The summed E-state index contributed by atoms with van der Waals surface area (Å²) < 4.78 is 22.5. The molecule has 0 aliphatic heterocycles. The Morgan fingerprint density at radius 1 is 1.09 bits per heavy atom. The summed E-state index contributed by atoms with van der Waals surface area (Å²) in [6.45, 7) is 4.23. The van der Waals surface area contributed by atoms with Crippen LogP contribution >= 0.6 is 0 Å². The van der Waals surface area contributed by atoms with Crippen LogP contribution in [0.25, 0.3) is 0 Å². The fourth-order valence-electron chi connectivity index (χ4n) is 2.59. The van der Waals surface area contributed by atoms with E-state index in [9.17, 15) is 8.42 Å². The van der Waals surface area contributed by atoms with Gasteiger partial charge >= 0.3 is 0 Å². The monoisotopic (exact) mass is 317 g/mol. The summed E-state index contributed by atoms with van der Waals surface area (Å²) in [6.07, 6.45) is 4.79. The first kappa shape index (κ1) is 15.1. The second kappa shape index (κ2) is 5.44. The van der Waals surface area contributed by atoms with Crippen LogP contribution in [0.2, 0.25) is 0 Å². The van der Waals surface area contributed by atoms with Gasteiger partial charge in [0.1, 0.15) is 5.82 Å². The molecule has 116 valence electrons. The molecule has 0 saturated heterocycles. The maximum absolute atomic E-state index is 11.3. The first-order valence-electron chi connectivity index (χ1n) is 7.31. The van der Waals surface area contributed by atoms with E-state index in [0.29, 0.717) is 17.8 Å². The van der Waals surface area contributed by atoms with Gasteiger partial charge in [-0.1, -0.05) is 26.0 Å². The number of sulfonamides is 1. The van der Waals surface area contributed by atoms with Gasteiger partial charge in [0.05, 0.1) is 4.90 Å². The molecular weight excluding hydrogens is 298 g/mol. The van der Waals surface area contributed by atoms with Gasteiger partial charge in [0, 0.05) is 18.3 Å². The summed E-state index contributed by atoms with van der Waals surface area (Å²) in [4.78, 5) is 9.08. The van der Waals surface area contributed by atoms with Crippen LogP contribution in [0.15, 0.2) is 41.6 Å². The standard InChI is InChI=1S/C16H19N3O2S/c1-10(2)12-8-18-16(19-9-12)15-7-14(15)11-3-5-13(6-4-11)22(17,20)21/h3-6,8-10,14-15H,7H2,1-2H3,(H2,17,20,21)/t14-,15-/m0/s1. The van der Waals surface area contributed by atoms with E-state index in [4.69, 9.17) is 5.14 Å². The summed E-state index contributed by atoms with van der Waals surface area (Å²) in [5, 5.41) is 5.11. The van der Waals surface area contributed by atoms with Crippen molar-refractivity contribution < 1.29 is 8.42 Å². The predicted octanol–water partition coefficient (Wildman–Crippen LogP) is 2.52. The SMILES string of the molecule is CC(C)c1cnc([C@H]2C[C@H]2c2ccc(S(N)(=O)=O)cc2)nc1. The highest BCUT2D eigenvalue weighted by molar-refractivity contribution is 7.89. The van der Waals surface area contributed by atoms with Crippen molar-refractivity contribution in [1.82, 2.24) is 9.97 Å². The average Bonchev–Trinajstić information content (AvgIpc) is 3.27. The van der Waals surface area contributed by atoms with E-state index in [1.54, 1.807) is 12.1 Å². The Hall–Kier alpha value is -1.79. The van der Waals surface area contributed by atoms with Crippen molar-refractivity contribution in [2.75, 3.05) is 0 Å². The molecule has 1 fully saturated rings. The van der Waals surface area contributed by atoms with Crippen LogP contribution < -0.4 is 5.14 Å². The molecule has 22 heavy (non-hydrogen) atoms. The Balaban J connectivity index is 1.74. The minimum Gasteiger partial charge on any atom is -0.241 e. The molecule has 0 amide bonds. The van der Waals surface area contributed by atoms with Crippen LogP contribution in [0.4, 0.5) is 0 Å². The Morgan fingerprint density at radius 3 is 2.18 bits per heavy atom. The van der Waals surface area contributed by atoms with Crippen molar-refractivity contribution in [3.8, 4) is 0 Å². The zero-order valence-corrected chi connectivity index (χ0v) is 13.4. The topological polar surface area (TPSA) is 85.9 Å². The van der Waals surface area contributed by atoms with E-state index in [1.165, 1.54) is 0 Å². The first-order valence-corrected chi connectivity index (χ1v) is 8.85. The number of nitrogens with two attached hydrogens (primary N) is 1. The molecule has 0 unspecified atom stereocenters. The molecule has 6 heteroatoms. The van der Waals surface area contributed by atoms with Crippen molar-refractivity contribution >= 4 is 10.0 Å². The van der Waals surface area contributed by atoms with E-state index in [-0.39, 0.29) is 4.90 Å². The van der Waals surface area contributed by atoms with Gasteiger partial charge in [-0.15, -0.1) is 0 Å². The number of primary sulfonamides is 1. The Morgan fingerprint density at radius 2 is 1.68 bits per heavy atom. The molecule has 1 aliphatic rings. The normalized spacial score (nSPS) is 21.1. The molecule has 1 aromatic carbocycles. The summed E-state index contributed by atoms with van der Waals surface area (Å²) >= 11 is 0. The van der Waals surface area contributed by atoms with Crippen molar-refractivity contribution in [2.24, 2.45) is 5.14 Å². The van der Waals surface area contributed by atoms with Gasteiger partial charge < -0.3 is 0 Å². The summed E-state index contributed by atoms with van der Waals surface area (Å²) in [5.74, 6) is 1.97. The summed E-state index contributed by atoms with van der Waals surface area (Å²) in [6, 6.07) is 6.77. The molecule has 0 spiro atoms. The summed E-state index contributed by atoms with van der Waals surface area (Å²) in [7, 11) is -3.63. The van der Waals surface area contributed by atoms with Gasteiger partial charge in [-0.2, -0.15) is 0 Å². The number of rotatable bonds is 4. The molecule has 2 atom stereocenters. The third kappa shape index (κ3) is 3.03. The Labute approximate surface area is 130 Å². The lowest BCUT2D eigenvalue weighted by molar-refractivity contribution is 0.598. The van der Waals surface area contributed by atoms with E-state index in [2.05, 4.69) is 23.8 Å². The minimum atomic E-state index is -3.63. The zero-order chi connectivity index (χ0) is 15.9. The highest BCUT2D eigenvalue weighted by atomic mass is 32.2. The van der Waals surface area contributed by atoms with Crippen LogP contribution in [0.1, 0.15) is 55.0 Å². The second-order valence-electron chi connectivity index (χ2n) is 6.09. The average molecular weight is 317 g/mol. The molecule has 1 saturated carbocycles.